The summed E-state index contributed by atoms with van der Waals surface area (Å²) in [7, 11) is 0. The first-order valence-electron chi connectivity index (χ1n) is 9.31. The fourth-order valence-electron chi connectivity index (χ4n) is 4.02. The van der Waals surface area contributed by atoms with Crippen molar-refractivity contribution in [2.75, 3.05) is 31.2 Å². The number of aromatic nitrogens is 4. The van der Waals surface area contributed by atoms with Gasteiger partial charge in [0.2, 0.25) is 11.9 Å². The number of hydrogen-bond donors (Lipinski definition) is 1. The summed E-state index contributed by atoms with van der Waals surface area (Å²) in [5.74, 6) is 1.21. The van der Waals surface area contributed by atoms with Gasteiger partial charge >= 0.3 is 0 Å². The standard InChI is InChI=1S/C19H24N6O2/c1-14-9-22-16(23-10-14)11-24-17(26)15-12-25(18-20-5-2-6-21-18)13-19(15)3-7-27-8-4-19/h2,5-6,9-10,15H,3-4,7-8,11-13H2,1H3,(H,24,26). The maximum absolute atomic E-state index is 13.1. The van der Waals surface area contributed by atoms with E-state index in [1.54, 1.807) is 30.9 Å². The van der Waals surface area contributed by atoms with Gasteiger partial charge in [0.05, 0.1) is 12.5 Å². The lowest BCUT2D eigenvalue weighted by Gasteiger charge is -2.37. The van der Waals surface area contributed by atoms with E-state index in [4.69, 9.17) is 4.74 Å². The molecule has 4 heterocycles. The molecular formula is C19H24N6O2. The van der Waals surface area contributed by atoms with E-state index < -0.39 is 0 Å². The van der Waals surface area contributed by atoms with E-state index in [9.17, 15) is 4.79 Å². The van der Waals surface area contributed by atoms with E-state index in [-0.39, 0.29) is 17.2 Å². The van der Waals surface area contributed by atoms with Crippen molar-refractivity contribution in [3.63, 3.8) is 0 Å². The smallest absolute Gasteiger partial charge is 0.225 e. The maximum Gasteiger partial charge on any atom is 0.225 e. The Morgan fingerprint density at radius 1 is 1.22 bits per heavy atom. The highest BCUT2D eigenvalue weighted by Gasteiger charge is 2.51. The van der Waals surface area contributed by atoms with Crippen molar-refractivity contribution >= 4 is 11.9 Å². The summed E-state index contributed by atoms with van der Waals surface area (Å²) in [6, 6.07) is 1.80. The zero-order chi connectivity index (χ0) is 18.7. The average molecular weight is 368 g/mol. The third-order valence-corrected chi connectivity index (χ3v) is 5.54. The Kier molecular flexibility index (Phi) is 4.98. The Hall–Kier alpha value is -2.61. The van der Waals surface area contributed by atoms with E-state index in [0.29, 0.717) is 38.1 Å². The van der Waals surface area contributed by atoms with Gasteiger partial charge in [0.15, 0.2) is 0 Å². The van der Waals surface area contributed by atoms with Crippen molar-refractivity contribution in [1.29, 1.82) is 0 Å². The summed E-state index contributed by atoms with van der Waals surface area (Å²) >= 11 is 0. The highest BCUT2D eigenvalue weighted by Crippen LogP contribution is 2.45. The molecule has 1 atom stereocenters. The topological polar surface area (TPSA) is 93.1 Å². The van der Waals surface area contributed by atoms with Crippen LogP contribution in [0, 0.1) is 18.3 Å². The molecule has 2 fully saturated rings. The molecule has 1 N–H and O–H groups in total. The number of anilines is 1. The Morgan fingerprint density at radius 2 is 1.93 bits per heavy atom. The fraction of sp³-hybridized carbons (Fsp3) is 0.526. The molecule has 2 saturated heterocycles. The molecule has 2 aliphatic heterocycles. The molecule has 2 aromatic heterocycles. The number of nitrogens with zero attached hydrogens (tertiary/aromatic N) is 5. The first-order valence-corrected chi connectivity index (χ1v) is 9.31. The van der Waals surface area contributed by atoms with Crippen molar-refractivity contribution in [2.24, 2.45) is 11.3 Å². The summed E-state index contributed by atoms with van der Waals surface area (Å²) < 4.78 is 5.56. The summed E-state index contributed by atoms with van der Waals surface area (Å²) in [6.07, 6.45) is 8.74. The van der Waals surface area contributed by atoms with Crippen LogP contribution in [-0.4, -0.2) is 52.1 Å². The van der Waals surface area contributed by atoms with Crippen LogP contribution in [0.3, 0.4) is 0 Å². The van der Waals surface area contributed by atoms with Crippen LogP contribution >= 0.6 is 0 Å². The van der Waals surface area contributed by atoms with Crippen LogP contribution in [0.4, 0.5) is 5.95 Å². The van der Waals surface area contributed by atoms with E-state index in [1.165, 1.54) is 0 Å². The van der Waals surface area contributed by atoms with E-state index >= 15 is 0 Å². The van der Waals surface area contributed by atoms with Gasteiger partial charge in [-0.3, -0.25) is 4.79 Å². The number of carbonyl (C=O) groups is 1. The van der Waals surface area contributed by atoms with E-state index in [2.05, 4.69) is 30.2 Å². The maximum atomic E-state index is 13.1. The lowest BCUT2D eigenvalue weighted by molar-refractivity contribution is -0.130. The molecule has 0 aliphatic carbocycles. The zero-order valence-electron chi connectivity index (χ0n) is 15.5. The summed E-state index contributed by atoms with van der Waals surface area (Å²) in [4.78, 5) is 32.5. The number of ether oxygens (including phenoxy) is 1. The number of aryl methyl sites for hydroxylation is 1. The van der Waals surface area contributed by atoms with Gasteiger partial charge in [0.25, 0.3) is 0 Å². The number of hydrogen-bond acceptors (Lipinski definition) is 7. The van der Waals surface area contributed by atoms with Gasteiger partial charge in [-0.05, 0) is 31.4 Å². The minimum absolute atomic E-state index is 0.0412. The molecule has 1 unspecified atom stereocenters. The van der Waals surface area contributed by atoms with Gasteiger partial charge in [0, 0.05) is 56.5 Å². The van der Waals surface area contributed by atoms with Crippen molar-refractivity contribution in [2.45, 2.75) is 26.3 Å². The molecule has 8 nitrogen and oxygen atoms in total. The molecule has 1 amide bonds. The second kappa shape index (κ2) is 7.56. The van der Waals surface area contributed by atoms with Gasteiger partial charge in [-0.15, -0.1) is 0 Å². The Labute approximate surface area is 158 Å². The first-order chi connectivity index (χ1) is 13.2. The molecule has 8 heteroatoms. The van der Waals surface area contributed by atoms with Gasteiger partial charge < -0.3 is 15.0 Å². The predicted octanol–water partition coefficient (Wildman–Crippen LogP) is 1.12. The van der Waals surface area contributed by atoms with Crippen LogP contribution in [0.15, 0.2) is 30.9 Å². The van der Waals surface area contributed by atoms with Gasteiger partial charge in [-0.25, -0.2) is 19.9 Å². The number of rotatable bonds is 4. The molecule has 142 valence electrons. The van der Waals surface area contributed by atoms with Crippen molar-refractivity contribution in [1.82, 2.24) is 25.3 Å². The monoisotopic (exact) mass is 368 g/mol. The third-order valence-electron chi connectivity index (χ3n) is 5.54. The first kappa shape index (κ1) is 17.8. The lowest BCUT2D eigenvalue weighted by Crippen LogP contribution is -2.44. The van der Waals surface area contributed by atoms with Crippen molar-refractivity contribution < 1.29 is 9.53 Å². The highest BCUT2D eigenvalue weighted by molar-refractivity contribution is 5.81. The fourth-order valence-corrected chi connectivity index (χ4v) is 4.02. The van der Waals surface area contributed by atoms with Gasteiger partial charge in [-0.2, -0.15) is 0 Å². The molecule has 0 saturated carbocycles. The SMILES string of the molecule is Cc1cnc(CNC(=O)C2CN(c3ncccn3)CC23CCOCC3)nc1. The molecule has 2 aromatic rings. The number of nitrogens with one attached hydrogen (secondary N) is 1. The number of amides is 1. The van der Waals surface area contributed by atoms with Crippen LogP contribution in [0.25, 0.3) is 0 Å². The minimum atomic E-state index is -0.129. The summed E-state index contributed by atoms with van der Waals surface area (Å²) in [6.45, 7) is 5.05. The highest BCUT2D eigenvalue weighted by atomic mass is 16.5. The van der Waals surface area contributed by atoms with Crippen LogP contribution in [0.1, 0.15) is 24.2 Å². The summed E-state index contributed by atoms with van der Waals surface area (Å²) in [5, 5.41) is 3.03. The molecule has 27 heavy (non-hydrogen) atoms. The van der Waals surface area contributed by atoms with Crippen LogP contribution < -0.4 is 10.2 Å². The Bertz CT molecular complexity index is 777. The quantitative estimate of drug-likeness (QED) is 0.864. The number of carbonyl (C=O) groups excluding carboxylic acids is 1. The zero-order valence-corrected chi connectivity index (χ0v) is 15.5. The van der Waals surface area contributed by atoms with E-state index in [0.717, 1.165) is 24.9 Å². The third kappa shape index (κ3) is 3.75. The molecule has 2 aliphatic rings. The molecule has 0 bridgehead atoms. The second-order valence-corrected chi connectivity index (χ2v) is 7.35. The Morgan fingerprint density at radius 3 is 2.63 bits per heavy atom. The van der Waals surface area contributed by atoms with Gasteiger partial charge in [-0.1, -0.05) is 0 Å². The second-order valence-electron chi connectivity index (χ2n) is 7.35. The summed E-state index contributed by atoms with van der Waals surface area (Å²) in [5.41, 5.74) is 0.899. The van der Waals surface area contributed by atoms with Gasteiger partial charge in [0.1, 0.15) is 5.82 Å². The molecular weight excluding hydrogens is 344 g/mol. The molecule has 1 spiro atoms. The Balaban J connectivity index is 1.49. The van der Waals surface area contributed by atoms with Crippen molar-refractivity contribution in [3.8, 4) is 0 Å². The normalized spacial score (nSPS) is 21.4. The largest absolute Gasteiger partial charge is 0.381 e. The average Bonchev–Trinajstić information content (AvgIpc) is 3.07. The van der Waals surface area contributed by atoms with Crippen LogP contribution in [0.5, 0.6) is 0 Å². The molecule has 0 radical (unpaired) electrons. The van der Waals surface area contributed by atoms with Crippen molar-refractivity contribution in [3.05, 3.63) is 42.2 Å². The predicted molar refractivity (Wildman–Crippen MR) is 98.8 cm³/mol. The van der Waals surface area contributed by atoms with E-state index in [1.807, 2.05) is 6.92 Å². The van der Waals surface area contributed by atoms with Crippen LogP contribution in [-0.2, 0) is 16.1 Å². The minimum Gasteiger partial charge on any atom is -0.381 e. The molecule has 4 rings (SSSR count). The van der Waals surface area contributed by atoms with Crippen LogP contribution in [0.2, 0.25) is 0 Å². The molecule has 0 aromatic carbocycles. The lowest BCUT2D eigenvalue weighted by atomic mass is 9.72.